The zero-order valence-corrected chi connectivity index (χ0v) is 31.6. The van der Waals surface area contributed by atoms with E-state index in [1.165, 1.54) is 47.5 Å². The lowest BCUT2D eigenvalue weighted by atomic mass is 10.0. The number of nitrogens with zero attached hydrogens (tertiary/aromatic N) is 7. The molecule has 0 radical (unpaired) electrons. The number of esters is 1. The third-order valence-corrected chi connectivity index (χ3v) is 8.94. The highest BCUT2D eigenvalue weighted by molar-refractivity contribution is 6.34. The molecular weight excluding hydrogens is 713 g/mol. The van der Waals surface area contributed by atoms with Crippen LogP contribution < -0.4 is 15.2 Å². The minimum absolute atomic E-state index is 0.0201. The van der Waals surface area contributed by atoms with E-state index >= 15 is 4.39 Å². The average Bonchev–Trinajstić information content (AvgIpc) is 3.09. The maximum atomic E-state index is 15.6. The van der Waals surface area contributed by atoms with Gasteiger partial charge in [0.05, 0.1) is 64.4 Å². The number of methoxy groups -OCH3 is 2. The van der Waals surface area contributed by atoms with Gasteiger partial charge in [-0.25, -0.2) is 28.9 Å². The van der Waals surface area contributed by atoms with Gasteiger partial charge in [0.25, 0.3) is 0 Å². The molecule has 1 aliphatic heterocycles. The Kier molecular flexibility index (Phi) is 10.9. The lowest BCUT2D eigenvalue weighted by Crippen LogP contribution is -2.59. The number of carbonyl (C=O) groups is 2. The predicted molar refractivity (Wildman–Crippen MR) is 196 cm³/mol. The first-order valence-corrected chi connectivity index (χ1v) is 17.2. The summed E-state index contributed by atoms with van der Waals surface area (Å²) in [7, 11) is 2.49. The molecule has 1 amide bonds. The lowest BCUT2D eigenvalue weighted by molar-refractivity contribution is -0.385. The fourth-order valence-corrected chi connectivity index (χ4v) is 6.60. The van der Waals surface area contributed by atoms with Crippen molar-refractivity contribution in [1.29, 1.82) is 0 Å². The van der Waals surface area contributed by atoms with E-state index in [-0.39, 0.29) is 75.9 Å². The smallest absolute Gasteiger partial charge is 0.410 e. The van der Waals surface area contributed by atoms with Gasteiger partial charge in [-0.3, -0.25) is 19.5 Å². The Balaban J connectivity index is 1.95. The molecule has 3 aromatic heterocycles. The van der Waals surface area contributed by atoms with E-state index in [0.29, 0.717) is 11.4 Å². The SMILES string of the molecule is COC(=O)[C@H]1CN(C(=O)OC(C)(C)C)CCN1c1c([N+](=O)[O-])c(=O)n(-c2c(C(C)C)ncnc2C(C)C)c2nc(-c3c(F)cccc3OC)c(Cl)cc12. The molecule has 0 bridgehead atoms. The minimum Gasteiger partial charge on any atom is -0.496 e. The second-order valence-corrected chi connectivity index (χ2v) is 14.5. The van der Waals surface area contributed by atoms with Crippen LogP contribution in [-0.2, 0) is 14.3 Å². The molecule has 4 heterocycles. The summed E-state index contributed by atoms with van der Waals surface area (Å²) in [6.45, 7) is 12.0. The first kappa shape index (κ1) is 38.8. The minimum atomic E-state index is -1.33. The second kappa shape index (κ2) is 14.9. The molecule has 282 valence electrons. The molecule has 1 aromatic carbocycles. The summed E-state index contributed by atoms with van der Waals surface area (Å²) in [4.78, 5) is 70.1. The number of halogens is 2. The maximum Gasteiger partial charge on any atom is 0.410 e. The van der Waals surface area contributed by atoms with Crippen LogP contribution in [0.3, 0.4) is 0 Å². The Morgan fingerprint density at radius 3 is 2.25 bits per heavy atom. The summed E-state index contributed by atoms with van der Waals surface area (Å²) in [6, 6.07) is 4.16. The van der Waals surface area contributed by atoms with Crippen LogP contribution in [0.5, 0.6) is 5.75 Å². The topological polar surface area (TPSA) is 172 Å². The van der Waals surface area contributed by atoms with Crippen LogP contribution >= 0.6 is 11.6 Å². The maximum absolute atomic E-state index is 15.6. The normalized spacial score (nSPS) is 14.9. The van der Waals surface area contributed by atoms with Crippen molar-refractivity contribution < 1.29 is 33.1 Å². The zero-order chi connectivity index (χ0) is 39.1. The summed E-state index contributed by atoms with van der Waals surface area (Å²) in [5, 5.41) is 13.0. The number of anilines is 1. The number of amides is 1. The van der Waals surface area contributed by atoms with Crippen molar-refractivity contribution in [1.82, 2.24) is 24.4 Å². The molecule has 4 aromatic rings. The van der Waals surface area contributed by atoms with E-state index in [1.54, 1.807) is 20.8 Å². The first-order valence-electron chi connectivity index (χ1n) is 16.9. The fourth-order valence-electron chi connectivity index (χ4n) is 6.36. The summed E-state index contributed by atoms with van der Waals surface area (Å²) in [5.74, 6) is -2.07. The van der Waals surface area contributed by atoms with Crippen molar-refractivity contribution in [3.05, 3.63) is 73.3 Å². The number of fused-ring (bicyclic) bond motifs is 1. The molecule has 5 rings (SSSR count). The molecule has 0 N–H and O–H groups in total. The van der Waals surface area contributed by atoms with E-state index < -0.39 is 45.7 Å². The molecule has 1 aliphatic rings. The largest absolute Gasteiger partial charge is 0.496 e. The molecule has 53 heavy (non-hydrogen) atoms. The number of hydrogen-bond donors (Lipinski definition) is 0. The molecule has 0 aliphatic carbocycles. The number of benzene rings is 1. The van der Waals surface area contributed by atoms with Crippen LogP contribution in [0, 0.1) is 15.9 Å². The van der Waals surface area contributed by atoms with Gasteiger partial charge in [-0.05, 0) is 50.8 Å². The summed E-state index contributed by atoms with van der Waals surface area (Å²) in [5.41, 5.74) is -2.58. The molecule has 0 saturated carbocycles. The Hall–Kier alpha value is -5.38. The summed E-state index contributed by atoms with van der Waals surface area (Å²) in [6.07, 6.45) is 0.649. The van der Waals surface area contributed by atoms with Crippen molar-refractivity contribution in [2.45, 2.75) is 71.9 Å². The molecule has 0 unspecified atom stereocenters. The Morgan fingerprint density at radius 1 is 1.06 bits per heavy atom. The third kappa shape index (κ3) is 7.32. The average molecular weight is 754 g/mol. The number of aromatic nitrogens is 4. The van der Waals surface area contributed by atoms with E-state index in [4.69, 9.17) is 30.8 Å². The Morgan fingerprint density at radius 2 is 1.70 bits per heavy atom. The Bertz CT molecular complexity index is 2140. The predicted octanol–water partition coefficient (Wildman–Crippen LogP) is 6.40. The number of nitro groups is 1. The van der Waals surface area contributed by atoms with Crippen LogP contribution in [0.25, 0.3) is 28.0 Å². The van der Waals surface area contributed by atoms with Gasteiger partial charge in [0.2, 0.25) is 0 Å². The molecule has 15 nitrogen and oxygen atoms in total. The van der Waals surface area contributed by atoms with Gasteiger partial charge in [-0.2, -0.15) is 0 Å². The van der Waals surface area contributed by atoms with Crippen molar-refractivity contribution in [3.63, 3.8) is 0 Å². The second-order valence-electron chi connectivity index (χ2n) is 14.1. The van der Waals surface area contributed by atoms with Gasteiger partial charge in [0.1, 0.15) is 35.2 Å². The monoisotopic (exact) mass is 753 g/mol. The van der Waals surface area contributed by atoms with Crippen LogP contribution in [-0.4, -0.2) is 86.9 Å². The van der Waals surface area contributed by atoms with Crippen molar-refractivity contribution in [2.75, 3.05) is 38.8 Å². The highest BCUT2D eigenvalue weighted by atomic mass is 35.5. The van der Waals surface area contributed by atoms with Crippen molar-refractivity contribution >= 4 is 46.1 Å². The standard InChI is InChI=1S/C36H41ClFN7O8/c1-18(2)26-30(27(19(3)4)40-17-39-26)44-32-20(15-21(37)28(41-32)25-22(38)11-10-12-24(25)51-8)29(31(33(44)46)45(49)50)43-14-13-42(16-23(43)34(47)52-9)35(48)53-36(5,6)7/h10-12,15,17-19,23H,13-14,16H2,1-9H3/t23-/m1/s1. The third-order valence-electron chi connectivity index (χ3n) is 8.66. The highest BCUT2D eigenvalue weighted by Crippen LogP contribution is 2.43. The van der Waals surface area contributed by atoms with Gasteiger partial charge in [0, 0.05) is 13.1 Å². The number of rotatable bonds is 8. The molecule has 1 saturated heterocycles. The van der Waals surface area contributed by atoms with Gasteiger partial charge >= 0.3 is 23.3 Å². The zero-order valence-electron chi connectivity index (χ0n) is 30.9. The molecule has 1 fully saturated rings. The van der Waals surface area contributed by atoms with E-state index in [1.807, 2.05) is 27.7 Å². The molecule has 0 spiro atoms. The number of piperazine rings is 1. The van der Waals surface area contributed by atoms with Crippen LogP contribution in [0.1, 0.15) is 71.7 Å². The van der Waals surface area contributed by atoms with E-state index in [0.717, 1.165) is 11.7 Å². The summed E-state index contributed by atoms with van der Waals surface area (Å²) < 4.78 is 32.8. The van der Waals surface area contributed by atoms with Gasteiger partial charge in [-0.1, -0.05) is 45.4 Å². The number of ether oxygens (including phenoxy) is 3. The first-order chi connectivity index (χ1) is 24.9. The van der Waals surface area contributed by atoms with Gasteiger partial charge in [0.15, 0.2) is 5.65 Å². The van der Waals surface area contributed by atoms with Crippen LogP contribution in [0.15, 0.2) is 35.4 Å². The van der Waals surface area contributed by atoms with Gasteiger partial charge in [-0.15, -0.1) is 0 Å². The van der Waals surface area contributed by atoms with Crippen LogP contribution in [0.2, 0.25) is 5.02 Å². The highest BCUT2D eigenvalue weighted by Gasteiger charge is 2.42. The van der Waals surface area contributed by atoms with E-state index in [2.05, 4.69) is 9.97 Å². The summed E-state index contributed by atoms with van der Waals surface area (Å²) >= 11 is 6.89. The molecule has 17 heteroatoms. The lowest BCUT2D eigenvalue weighted by Gasteiger charge is -2.41. The quantitative estimate of drug-likeness (QED) is 0.110. The Labute approximate surface area is 309 Å². The number of hydrogen-bond acceptors (Lipinski definition) is 12. The van der Waals surface area contributed by atoms with E-state index in [9.17, 15) is 24.5 Å². The number of pyridine rings is 2. The molecular formula is C36H41ClFN7O8. The van der Waals surface area contributed by atoms with Crippen molar-refractivity contribution in [3.8, 4) is 22.7 Å². The number of carbonyl (C=O) groups excluding carboxylic acids is 2. The van der Waals surface area contributed by atoms with Gasteiger partial charge < -0.3 is 24.0 Å². The fraction of sp³-hybridized carbons (Fsp3) is 0.444. The van der Waals surface area contributed by atoms with Crippen LogP contribution in [0.4, 0.5) is 20.6 Å². The molecule has 1 atom stereocenters. The van der Waals surface area contributed by atoms with Crippen molar-refractivity contribution in [2.24, 2.45) is 0 Å².